The van der Waals surface area contributed by atoms with Crippen molar-refractivity contribution in [2.45, 2.75) is 6.04 Å². The molecule has 106 valence electrons. The van der Waals surface area contributed by atoms with Gasteiger partial charge in [0, 0.05) is 10.5 Å². The van der Waals surface area contributed by atoms with E-state index in [0.717, 1.165) is 21.5 Å². The normalized spacial score (nSPS) is 12.0. The van der Waals surface area contributed by atoms with Crippen LogP contribution >= 0.6 is 15.9 Å². The molecule has 0 aliphatic rings. The van der Waals surface area contributed by atoms with Gasteiger partial charge in [0.1, 0.15) is 11.5 Å². The van der Waals surface area contributed by atoms with Gasteiger partial charge in [0.15, 0.2) is 0 Å². The Kier molecular flexibility index (Phi) is 5.04. The maximum Gasteiger partial charge on any atom is 0.122 e. The Hall–Kier alpha value is -1.52. The third-order valence-corrected chi connectivity index (χ3v) is 3.67. The third-order valence-electron chi connectivity index (χ3n) is 3.18. The molecule has 0 fully saturated rings. The van der Waals surface area contributed by atoms with Crippen LogP contribution in [-0.2, 0) is 0 Å². The van der Waals surface area contributed by atoms with Crippen LogP contribution in [0.25, 0.3) is 0 Å². The number of ether oxygens (including phenoxy) is 2. The van der Waals surface area contributed by atoms with Crippen molar-refractivity contribution in [2.24, 2.45) is 0 Å². The highest BCUT2D eigenvalue weighted by Gasteiger charge is 2.14. The van der Waals surface area contributed by atoms with Gasteiger partial charge >= 0.3 is 0 Å². The summed E-state index contributed by atoms with van der Waals surface area (Å²) in [6.07, 6.45) is 0. The molecule has 1 unspecified atom stereocenters. The van der Waals surface area contributed by atoms with E-state index in [4.69, 9.17) is 9.47 Å². The van der Waals surface area contributed by atoms with Gasteiger partial charge in [-0.1, -0.05) is 28.1 Å². The standard InChI is InChI=1S/C16H18BrNO2/c1-18-16(11-5-4-6-13(17)7-11)12-8-14(19-2)10-15(9-12)20-3/h4-10,16,18H,1-3H3. The number of methoxy groups -OCH3 is 2. The third kappa shape index (κ3) is 3.32. The van der Waals surface area contributed by atoms with Crippen LogP contribution in [0, 0.1) is 0 Å². The highest BCUT2D eigenvalue weighted by Crippen LogP contribution is 2.30. The van der Waals surface area contributed by atoms with Crippen LogP contribution in [0.3, 0.4) is 0 Å². The summed E-state index contributed by atoms with van der Waals surface area (Å²) in [5, 5.41) is 3.33. The fourth-order valence-corrected chi connectivity index (χ4v) is 2.62. The molecule has 0 bridgehead atoms. The smallest absolute Gasteiger partial charge is 0.122 e. The van der Waals surface area contributed by atoms with Crippen LogP contribution in [0.15, 0.2) is 46.9 Å². The quantitative estimate of drug-likeness (QED) is 0.902. The number of halogens is 1. The van der Waals surface area contributed by atoms with E-state index in [-0.39, 0.29) is 6.04 Å². The van der Waals surface area contributed by atoms with E-state index in [0.29, 0.717) is 0 Å². The van der Waals surface area contributed by atoms with Crippen molar-refractivity contribution >= 4 is 15.9 Å². The second kappa shape index (κ2) is 6.77. The molecule has 3 nitrogen and oxygen atoms in total. The van der Waals surface area contributed by atoms with Gasteiger partial charge in [-0.2, -0.15) is 0 Å². The predicted molar refractivity (Wildman–Crippen MR) is 84.6 cm³/mol. The molecule has 2 aromatic carbocycles. The number of benzene rings is 2. The Balaban J connectivity index is 2.45. The fraction of sp³-hybridized carbons (Fsp3) is 0.250. The molecule has 4 heteroatoms. The summed E-state index contributed by atoms with van der Waals surface area (Å²) in [4.78, 5) is 0. The first-order valence-corrected chi connectivity index (χ1v) is 7.13. The summed E-state index contributed by atoms with van der Waals surface area (Å²) in [7, 11) is 5.26. The molecule has 0 spiro atoms. The van der Waals surface area contributed by atoms with E-state index in [1.165, 1.54) is 5.56 Å². The van der Waals surface area contributed by atoms with Gasteiger partial charge < -0.3 is 14.8 Å². The molecule has 0 radical (unpaired) electrons. The molecule has 2 rings (SSSR count). The molecule has 0 saturated heterocycles. The van der Waals surface area contributed by atoms with Crippen LogP contribution in [0.5, 0.6) is 11.5 Å². The fourth-order valence-electron chi connectivity index (χ4n) is 2.21. The largest absolute Gasteiger partial charge is 0.497 e. The average Bonchev–Trinajstić information content (AvgIpc) is 2.47. The van der Waals surface area contributed by atoms with Gasteiger partial charge in [0.25, 0.3) is 0 Å². The predicted octanol–water partition coefficient (Wildman–Crippen LogP) is 3.78. The van der Waals surface area contributed by atoms with Gasteiger partial charge in [-0.25, -0.2) is 0 Å². The van der Waals surface area contributed by atoms with E-state index in [2.05, 4.69) is 33.4 Å². The minimum Gasteiger partial charge on any atom is -0.497 e. The van der Waals surface area contributed by atoms with E-state index >= 15 is 0 Å². The number of rotatable bonds is 5. The average molecular weight is 336 g/mol. The van der Waals surface area contributed by atoms with Gasteiger partial charge in [-0.3, -0.25) is 0 Å². The topological polar surface area (TPSA) is 30.5 Å². The number of nitrogens with one attached hydrogen (secondary N) is 1. The number of hydrogen-bond donors (Lipinski definition) is 1. The van der Waals surface area contributed by atoms with Crippen LogP contribution < -0.4 is 14.8 Å². The summed E-state index contributed by atoms with van der Waals surface area (Å²) in [5.74, 6) is 1.57. The molecule has 0 saturated carbocycles. The highest BCUT2D eigenvalue weighted by molar-refractivity contribution is 9.10. The summed E-state index contributed by atoms with van der Waals surface area (Å²) in [5.41, 5.74) is 2.28. The van der Waals surface area contributed by atoms with Crippen molar-refractivity contribution in [1.82, 2.24) is 5.32 Å². The van der Waals surface area contributed by atoms with Crippen molar-refractivity contribution in [2.75, 3.05) is 21.3 Å². The Morgan fingerprint density at radius 3 is 2.10 bits per heavy atom. The second-order valence-corrected chi connectivity index (χ2v) is 5.34. The molecule has 0 aliphatic carbocycles. The molecule has 20 heavy (non-hydrogen) atoms. The van der Waals surface area contributed by atoms with Crippen molar-refractivity contribution in [1.29, 1.82) is 0 Å². The second-order valence-electron chi connectivity index (χ2n) is 4.42. The lowest BCUT2D eigenvalue weighted by molar-refractivity contribution is 0.392. The first-order valence-electron chi connectivity index (χ1n) is 6.33. The summed E-state index contributed by atoms with van der Waals surface area (Å²) in [6, 6.07) is 14.2. The lowest BCUT2D eigenvalue weighted by Gasteiger charge is -2.19. The molecule has 1 N–H and O–H groups in total. The Morgan fingerprint density at radius 2 is 1.60 bits per heavy atom. The van der Waals surface area contributed by atoms with E-state index in [9.17, 15) is 0 Å². The SMILES string of the molecule is CNC(c1cccc(Br)c1)c1cc(OC)cc(OC)c1. The molecule has 2 aromatic rings. The Morgan fingerprint density at radius 1 is 0.950 bits per heavy atom. The molecular formula is C16H18BrNO2. The van der Waals surface area contributed by atoms with Crippen molar-refractivity contribution in [3.05, 3.63) is 58.1 Å². The van der Waals surface area contributed by atoms with Gasteiger partial charge in [-0.15, -0.1) is 0 Å². The zero-order valence-corrected chi connectivity index (χ0v) is 13.4. The lowest BCUT2D eigenvalue weighted by atomic mass is 9.98. The molecule has 0 aromatic heterocycles. The van der Waals surface area contributed by atoms with Crippen molar-refractivity contribution < 1.29 is 9.47 Å². The monoisotopic (exact) mass is 335 g/mol. The summed E-state index contributed by atoms with van der Waals surface area (Å²) in [6.45, 7) is 0. The van der Waals surface area contributed by atoms with Gasteiger partial charge in [0.05, 0.1) is 20.3 Å². The Bertz CT molecular complexity index is 564. The van der Waals surface area contributed by atoms with Gasteiger partial charge in [-0.05, 0) is 42.4 Å². The van der Waals surface area contributed by atoms with Crippen LogP contribution in [0.4, 0.5) is 0 Å². The number of hydrogen-bond acceptors (Lipinski definition) is 3. The minimum atomic E-state index is 0.0801. The maximum absolute atomic E-state index is 5.33. The first kappa shape index (κ1) is 14.9. The highest BCUT2D eigenvalue weighted by atomic mass is 79.9. The minimum absolute atomic E-state index is 0.0801. The zero-order chi connectivity index (χ0) is 14.5. The Labute approximate surface area is 128 Å². The molecule has 1 atom stereocenters. The van der Waals surface area contributed by atoms with E-state index in [1.54, 1.807) is 14.2 Å². The molecule has 0 aliphatic heterocycles. The van der Waals surface area contributed by atoms with Crippen molar-refractivity contribution in [3.8, 4) is 11.5 Å². The van der Waals surface area contributed by atoms with Crippen LogP contribution in [0.2, 0.25) is 0 Å². The van der Waals surface area contributed by atoms with Crippen LogP contribution in [-0.4, -0.2) is 21.3 Å². The molecular weight excluding hydrogens is 318 g/mol. The molecule has 0 heterocycles. The molecule has 0 amide bonds. The van der Waals surface area contributed by atoms with E-state index < -0.39 is 0 Å². The van der Waals surface area contributed by atoms with E-state index in [1.807, 2.05) is 37.4 Å². The zero-order valence-electron chi connectivity index (χ0n) is 11.8. The summed E-state index contributed by atoms with van der Waals surface area (Å²) >= 11 is 3.51. The maximum atomic E-state index is 5.33. The van der Waals surface area contributed by atoms with Crippen molar-refractivity contribution in [3.63, 3.8) is 0 Å². The summed E-state index contributed by atoms with van der Waals surface area (Å²) < 4.78 is 11.7. The van der Waals surface area contributed by atoms with Crippen LogP contribution in [0.1, 0.15) is 17.2 Å². The van der Waals surface area contributed by atoms with Gasteiger partial charge in [0.2, 0.25) is 0 Å². The lowest BCUT2D eigenvalue weighted by Crippen LogP contribution is -2.17. The first-order chi connectivity index (χ1) is 9.67.